The molecule has 0 fully saturated rings. The van der Waals surface area contributed by atoms with Crippen LogP contribution in [0.15, 0.2) is 36.4 Å². The predicted octanol–water partition coefficient (Wildman–Crippen LogP) is 3.07. The number of nitro benzene ring substituents is 1. The van der Waals surface area contributed by atoms with Crippen molar-refractivity contribution in [1.29, 1.82) is 0 Å². The Kier molecular flexibility index (Phi) is 5.59. The number of aliphatic hydroxyl groups excluding tert-OH is 1. The lowest BCUT2D eigenvalue weighted by atomic mass is 10.1. The van der Waals surface area contributed by atoms with Crippen molar-refractivity contribution >= 4 is 11.4 Å². The first-order valence-corrected chi connectivity index (χ1v) is 7.34. The van der Waals surface area contributed by atoms with E-state index in [4.69, 9.17) is 9.47 Å². The summed E-state index contributed by atoms with van der Waals surface area (Å²) in [6, 6.07) is 9.93. The van der Waals surface area contributed by atoms with E-state index in [9.17, 15) is 15.2 Å². The van der Waals surface area contributed by atoms with Crippen molar-refractivity contribution in [2.45, 2.75) is 13.0 Å². The van der Waals surface area contributed by atoms with Gasteiger partial charge in [0.25, 0.3) is 5.69 Å². The van der Waals surface area contributed by atoms with Gasteiger partial charge in [-0.05, 0) is 36.8 Å². The number of aliphatic hydroxyl groups is 1. The fourth-order valence-corrected chi connectivity index (χ4v) is 2.32. The fourth-order valence-electron chi connectivity index (χ4n) is 2.32. The Labute approximate surface area is 140 Å². The molecule has 2 aromatic carbocycles. The minimum Gasteiger partial charge on any atom is -0.497 e. The van der Waals surface area contributed by atoms with E-state index in [0.29, 0.717) is 28.3 Å². The number of hydrogen-bond donors (Lipinski definition) is 2. The summed E-state index contributed by atoms with van der Waals surface area (Å²) in [5.74, 6) is 1.18. The highest BCUT2D eigenvalue weighted by Crippen LogP contribution is 2.27. The van der Waals surface area contributed by atoms with Gasteiger partial charge in [-0.15, -0.1) is 0 Å². The number of nitrogens with zero attached hydrogens (tertiary/aromatic N) is 1. The number of rotatable bonds is 7. The van der Waals surface area contributed by atoms with Crippen LogP contribution in [0.4, 0.5) is 11.4 Å². The molecule has 0 aliphatic heterocycles. The van der Waals surface area contributed by atoms with Gasteiger partial charge < -0.3 is 19.9 Å². The van der Waals surface area contributed by atoms with Crippen molar-refractivity contribution in [3.05, 3.63) is 57.6 Å². The standard InChI is InChI=1S/C17H20N2O5/c1-11-6-13(4-5-16(11)19(21)22)18-10-17(20)12-7-14(23-2)9-15(8-12)24-3/h4-9,17-18,20H,10H2,1-3H3. The minimum atomic E-state index is -0.788. The maximum absolute atomic E-state index is 10.8. The van der Waals surface area contributed by atoms with Crippen molar-refractivity contribution in [3.63, 3.8) is 0 Å². The number of anilines is 1. The Morgan fingerprint density at radius 1 is 1.17 bits per heavy atom. The van der Waals surface area contributed by atoms with Gasteiger partial charge in [0.15, 0.2) is 0 Å². The molecule has 0 heterocycles. The van der Waals surface area contributed by atoms with Crippen molar-refractivity contribution in [2.75, 3.05) is 26.1 Å². The van der Waals surface area contributed by atoms with E-state index in [1.807, 2.05) is 0 Å². The number of aryl methyl sites for hydroxylation is 1. The van der Waals surface area contributed by atoms with E-state index < -0.39 is 11.0 Å². The van der Waals surface area contributed by atoms with Gasteiger partial charge in [-0.2, -0.15) is 0 Å². The highest BCUT2D eigenvalue weighted by atomic mass is 16.6. The Hall–Kier alpha value is -2.80. The third kappa shape index (κ3) is 4.14. The average Bonchev–Trinajstić information content (AvgIpc) is 2.58. The summed E-state index contributed by atoms with van der Waals surface area (Å²) in [4.78, 5) is 10.4. The van der Waals surface area contributed by atoms with Crippen molar-refractivity contribution in [2.24, 2.45) is 0 Å². The van der Waals surface area contributed by atoms with Crippen LogP contribution < -0.4 is 14.8 Å². The van der Waals surface area contributed by atoms with E-state index in [0.717, 1.165) is 0 Å². The van der Waals surface area contributed by atoms with Gasteiger partial charge in [-0.1, -0.05) is 0 Å². The van der Waals surface area contributed by atoms with Crippen LogP contribution in [-0.4, -0.2) is 30.8 Å². The monoisotopic (exact) mass is 332 g/mol. The van der Waals surface area contributed by atoms with E-state index >= 15 is 0 Å². The Morgan fingerprint density at radius 3 is 2.29 bits per heavy atom. The van der Waals surface area contributed by atoms with E-state index in [1.54, 1.807) is 51.5 Å². The first-order chi connectivity index (χ1) is 11.4. The largest absolute Gasteiger partial charge is 0.497 e. The van der Waals surface area contributed by atoms with Crippen LogP contribution in [0.2, 0.25) is 0 Å². The molecule has 0 bridgehead atoms. The number of hydrogen-bond acceptors (Lipinski definition) is 6. The Balaban J connectivity index is 2.09. The highest BCUT2D eigenvalue weighted by molar-refractivity contribution is 5.53. The molecule has 2 aromatic rings. The summed E-state index contributed by atoms with van der Waals surface area (Å²) >= 11 is 0. The van der Waals surface area contributed by atoms with Gasteiger partial charge >= 0.3 is 0 Å². The molecule has 0 saturated heterocycles. The summed E-state index contributed by atoms with van der Waals surface area (Å²) in [6.45, 7) is 1.92. The smallest absolute Gasteiger partial charge is 0.272 e. The lowest BCUT2D eigenvalue weighted by Gasteiger charge is -2.15. The molecule has 2 N–H and O–H groups in total. The third-order valence-corrected chi connectivity index (χ3v) is 3.65. The minimum absolute atomic E-state index is 0.0682. The van der Waals surface area contributed by atoms with Crippen molar-refractivity contribution < 1.29 is 19.5 Å². The topological polar surface area (TPSA) is 93.9 Å². The van der Waals surface area contributed by atoms with Crippen LogP contribution in [0.1, 0.15) is 17.2 Å². The predicted molar refractivity (Wildman–Crippen MR) is 90.8 cm³/mol. The second-order valence-electron chi connectivity index (χ2n) is 5.30. The number of nitro groups is 1. The van der Waals surface area contributed by atoms with Gasteiger partial charge in [0.2, 0.25) is 0 Å². The van der Waals surface area contributed by atoms with Crippen LogP contribution >= 0.6 is 0 Å². The van der Waals surface area contributed by atoms with Gasteiger partial charge in [-0.25, -0.2) is 0 Å². The molecule has 0 aliphatic rings. The molecule has 1 atom stereocenters. The van der Waals surface area contributed by atoms with E-state index in [1.165, 1.54) is 6.07 Å². The molecule has 0 aromatic heterocycles. The lowest BCUT2D eigenvalue weighted by molar-refractivity contribution is -0.385. The molecule has 2 rings (SSSR count). The molecule has 0 aliphatic carbocycles. The average molecular weight is 332 g/mol. The fraction of sp³-hybridized carbons (Fsp3) is 0.294. The second-order valence-corrected chi connectivity index (χ2v) is 5.30. The highest BCUT2D eigenvalue weighted by Gasteiger charge is 2.13. The molecule has 0 saturated carbocycles. The first kappa shape index (κ1) is 17.6. The number of nitrogens with one attached hydrogen (secondary N) is 1. The van der Waals surface area contributed by atoms with Crippen molar-refractivity contribution in [1.82, 2.24) is 0 Å². The normalized spacial score (nSPS) is 11.7. The molecule has 1 unspecified atom stereocenters. The zero-order chi connectivity index (χ0) is 17.7. The van der Waals surface area contributed by atoms with E-state index in [2.05, 4.69) is 5.32 Å². The molecule has 0 radical (unpaired) electrons. The number of methoxy groups -OCH3 is 2. The third-order valence-electron chi connectivity index (χ3n) is 3.65. The van der Waals surface area contributed by atoms with Crippen LogP contribution in [0.3, 0.4) is 0 Å². The lowest BCUT2D eigenvalue weighted by Crippen LogP contribution is -2.12. The Bertz CT molecular complexity index is 711. The molecule has 7 heteroatoms. The van der Waals surface area contributed by atoms with Gasteiger partial charge in [0.05, 0.1) is 25.2 Å². The summed E-state index contributed by atoms with van der Waals surface area (Å²) in [5, 5.41) is 24.2. The number of benzene rings is 2. The zero-order valence-electron chi connectivity index (χ0n) is 13.8. The first-order valence-electron chi connectivity index (χ1n) is 7.34. The number of ether oxygens (including phenoxy) is 2. The molecular formula is C17H20N2O5. The molecule has 7 nitrogen and oxygen atoms in total. The molecule has 0 spiro atoms. The van der Waals surface area contributed by atoms with E-state index in [-0.39, 0.29) is 12.2 Å². The molecule has 24 heavy (non-hydrogen) atoms. The van der Waals surface area contributed by atoms with Crippen LogP contribution in [-0.2, 0) is 0 Å². The quantitative estimate of drug-likeness (QED) is 0.598. The SMILES string of the molecule is COc1cc(OC)cc(C(O)CNc2ccc([N+](=O)[O-])c(C)c2)c1. The summed E-state index contributed by atoms with van der Waals surface area (Å²) in [6.07, 6.45) is -0.788. The van der Waals surface area contributed by atoms with Crippen molar-refractivity contribution in [3.8, 4) is 11.5 Å². The van der Waals surface area contributed by atoms with Crippen LogP contribution in [0.25, 0.3) is 0 Å². The zero-order valence-corrected chi connectivity index (χ0v) is 13.8. The van der Waals surface area contributed by atoms with Gasteiger partial charge in [0, 0.05) is 29.9 Å². The second kappa shape index (κ2) is 7.65. The Morgan fingerprint density at radius 2 is 1.79 bits per heavy atom. The summed E-state index contributed by atoms with van der Waals surface area (Å²) < 4.78 is 10.4. The van der Waals surface area contributed by atoms with Gasteiger partial charge in [0.1, 0.15) is 11.5 Å². The van der Waals surface area contributed by atoms with Gasteiger partial charge in [-0.3, -0.25) is 10.1 Å². The maximum atomic E-state index is 10.8. The van der Waals surface area contributed by atoms with Crippen LogP contribution in [0.5, 0.6) is 11.5 Å². The molecule has 128 valence electrons. The van der Waals surface area contributed by atoms with Crippen LogP contribution in [0, 0.1) is 17.0 Å². The maximum Gasteiger partial charge on any atom is 0.272 e. The molecule has 0 amide bonds. The summed E-state index contributed by atoms with van der Waals surface area (Å²) in [5.41, 5.74) is 1.98. The molecular weight excluding hydrogens is 312 g/mol. The summed E-state index contributed by atoms with van der Waals surface area (Å²) in [7, 11) is 3.09.